The van der Waals surface area contributed by atoms with E-state index in [4.69, 9.17) is 5.73 Å². The van der Waals surface area contributed by atoms with Crippen LogP contribution in [0.1, 0.15) is 5.56 Å². The molecular formula is C12H18BrN3. The number of nitrogens with zero attached hydrogens (tertiary/aromatic N) is 1. The Labute approximate surface area is 105 Å². The Kier molecular flexibility index (Phi) is 3.84. The molecule has 1 saturated heterocycles. The molecule has 2 rings (SSSR count). The number of hydrogen-bond donors (Lipinski definition) is 2. The topological polar surface area (TPSA) is 41.3 Å². The molecule has 1 unspecified atom stereocenters. The number of hydrogen-bond acceptors (Lipinski definition) is 3. The van der Waals surface area contributed by atoms with Gasteiger partial charge in [0.1, 0.15) is 0 Å². The average molecular weight is 284 g/mol. The standard InChI is InChI=1S/C12H18BrN3/c1-9-6-11(2-3-12(9)13)16-5-4-15-10(7-14)8-16/h2-3,6,10,15H,4-5,7-8,14H2,1H3. The number of piperazine rings is 1. The van der Waals surface area contributed by atoms with Gasteiger partial charge in [0.15, 0.2) is 0 Å². The summed E-state index contributed by atoms with van der Waals surface area (Å²) in [5.74, 6) is 0. The van der Waals surface area contributed by atoms with Crippen LogP contribution < -0.4 is 16.0 Å². The molecule has 1 aliphatic rings. The van der Waals surface area contributed by atoms with Crippen LogP contribution in [0.2, 0.25) is 0 Å². The van der Waals surface area contributed by atoms with Crippen molar-refractivity contribution >= 4 is 21.6 Å². The summed E-state index contributed by atoms with van der Waals surface area (Å²) in [5, 5.41) is 3.42. The molecule has 3 nitrogen and oxygen atoms in total. The Hall–Kier alpha value is -0.580. The molecule has 0 aliphatic carbocycles. The van der Waals surface area contributed by atoms with Crippen molar-refractivity contribution in [3.05, 3.63) is 28.2 Å². The van der Waals surface area contributed by atoms with E-state index in [0.29, 0.717) is 12.6 Å². The highest BCUT2D eigenvalue weighted by atomic mass is 79.9. The predicted octanol–water partition coefficient (Wildman–Crippen LogP) is 1.49. The van der Waals surface area contributed by atoms with Gasteiger partial charge < -0.3 is 16.0 Å². The first-order chi connectivity index (χ1) is 7.70. The van der Waals surface area contributed by atoms with Crippen molar-refractivity contribution in [2.24, 2.45) is 5.73 Å². The lowest BCUT2D eigenvalue weighted by Crippen LogP contribution is -2.53. The van der Waals surface area contributed by atoms with Crippen LogP contribution in [0, 0.1) is 6.92 Å². The van der Waals surface area contributed by atoms with Gasteiger partial charge in [0.05, 0.1) is 0 Å². The fraction of sp³-hybridized carbons (Fsp3) is 0.500. The Balaban J connectivity index is 2.13. The fourth-order valence-corrected chi connectivity index (χ4v) is 2.29. The highest BCUT2D eigenvalue weighted by molar-refractivity contribution is 9.10. The van der Waals surface area contributed by atoms with Gasteiger partial charge in [-0.15, -0.1) is 0 Å². The lowest BCUT2D eigenvalue weighted by atomic mass is 10.1. The number of rotatable bonds is 2. The normalized spacial score (nSPS) is 21.2. The summed E-state index contributed by atoms with van der Waals surface area (Å²) in [4.78, 5) is 2.40. The zero-order chi connectivity index (χ0) is 11.5. The first-order valence-electron chi connectivity index (χ1n) is 5.65. The van der Waals surface area contributed by atoms with Crippen LogP contribution in [0.3, 0.4) is 0 Å². The molecule has 88 valence electrons. The van der Waals surface area contributed by atoms with E-state index in [0.717, 1.165) is 19.6 Å². The average Bonchev–Trinajstić information content (AvgIpc) is 2.33. The molecule has 3 N–H and O–H groups in total. The van der Waals surface area contributed by atoms with Gasteiger partial charge in [-0.05, 0) is 30.7 Å². The van der Waals surface area contributed by atoms with Crippen molar-refractivity contribution in [2.45, 2.75) is 13.0 Å². The van der Waals surface area contributed by atoms with Gasteiger partial charge in [0, 0.05) is 42.4 Å². The van der Waals surface area contributed by atoms with Crippen molar-refractivity contribution in [1.29, 1.82) is 0 Å². The van der Waals surface area contributed by atoms with Gasteiger partial charge in [-0.1, -0.05) is 15.9 Å². The Morgan fingerprint density at radius 2 is 2.38 bits per heavy atom. The molecule has 0 bridgehead atoms. The molecule has 1 aromatic rings. The van der Waals surface area contributed by atoms with Crippen LogP contribution >= 0.6 is 15.9 Å². The van der Waals surface area contributed by atoms with Gasteiger partial charge in [0.25, 0.3) is 0 Å². The Morgan fingerprint density at radius 1 is 1.56 bits per heavy atom. The molecule has 1 fully saturated rings. The number of anilines is 1. The third-order valence-electron chi connectivity index (χ3n) is 3.05. The van der Waals surface area contributed by atoms with E-state index in [2.05, 4.69) is 51.3 Å². The van der Waals surface area contributed by atoms with Crippen molar-refractivity contribution < 1.29 is 0 Å². The number of nitrogens with two attached hydrogens (primary N) is 1. The predicted molar refractivity (Wildman–Crippen MR) is 71.9 cm³/mol. The Bertz CT molecular complexity index is 367. The number of benzene rings is 1. The minimum Gasteiger partial charge on any atom is -0.369 e. The van der Waals surface area contributed by atoms with Crippen molar-refractivity contribution in [1.82, 2.24) is 5.32 Å². The summed E-state index contributed by atoms with van der Waals surface area (Å²) < 4.78 is 1.17. The fourth-order valence-electron chi connectivity index (χ4n) is 2.04. The molecule has 16 heavy (non-hydrogen) atoms. The third-order valence-corrected chi connectivity index (χ3v) is 3.94. The van der Waals surface area contributed by atoms with Gasteiger partial charge in [-0.3, -0.25) is 0 Å². The smallest absolute Gasteiger partial charge is 0.0370 e. The van der Waals surface area contributed by atoms with E-state index in [1.807, 2.05) is 0 Å². The van der Waals surface area contributed by atoms with E-state index in [9.17, 15) is 0 Å². The first kappa shape index (κ1) is 11.9. The minimum absolute atomic E-state index is 0.415. The van der Waals surface area contributed by atoms with Crippen molar-refractivity contribution in [2.75, 3.05) is 31.1 Å². The van der Waals surface area contributed by atoms with Gasteiger partial charge in [0.2, 0.25) is 0 Å². The zero-order valence-electron chi connectivity index (χ0n) is 9.54. The number of aryl methyl sites for hydroxylation is 1. The molecule has 0 amide bonds. The Morgan fingerprint density at radius 3 is 3.06 bits per heavy atom. The molecule has 0 saturated carbocycles. The second kappa shape index (κ2) is 5.17. The molecule has 1 atom stereocenters. The summed E-state index contributed by atoms with van der Waals surface area (Å²) in [6, 6.07) is 6.92. The van der Waals surface area contributed by atoms with Crippen LogP contribution in [0.4, 0.5) is 5.69 Å². The molecule has 0 spiro atoms. The largest absolute Gasteiger partial charge is 0.369 e. The maximum absolute atomic E-state index is 5.70. The van der Waals surface area contributed by atoms with Gasteiger partial charge in [-0.25, -0.2) is 0 Å². The maximum Gasteiger partial charge on any atom is 0.0370 e. The molecule has 1 aromatic carbocycles. The first-order valence-corrected chi connectivity index (χ1v) is 6.44. The van der Waals surface area contributed by atoms with E-state index in [1.165, 1.54) is 15.7 Å². The summed E-state index contributed by atoms with van der Waals surface area (Å²) in [6.07, 6.45) is 0. The lowest BCUT2D eigenvalue weighted by molar-refractivity contribution is 0.463. The van der Waals surface area contributed by atoms with Crippen LogP contribution in [-0.2, 0) is 0 Å². The molecule has 0 radical (unpaired) electrons. The van der Waals surface area contributed by atoms with Crippen LogP contribution in [0.25, 0.3) is 0 Å². The van der Waals surface area contributed by atoms with Crippen LogP contribution in [0.5, 0.6) is 0 Å². The monoisotopic (exact) mass is 283 g/mol. The number of nitrogens with one attached hydrogen (secondary N) is 1. The van der Waals surface area contributed by atoms with E-state index < -0.39 is 0 Å². The molecule has 1 heterocycles. The summed E-state index contributed by atoms with van der Waals surface area (Å²) in [6.45, 7) is 5.88. The van der Waals surface area contributed by atoms with Gasteiger partial charge in [-0.2, -0.15) is 0 Å². The summed E-state index contributed by atoms with van der Waals surface area (Å²) >= 11 is 3.53. The van der Waals surface area contributed by atoms with E-state index in [-0.39, 0.29) is 0 Å². The highest BCUT2D eigenvalue weighted by Crippen LogP contribution is 2.23. The van der Waals surface area contributed by atoms with E-state index in [1.54, 1.807) is 0 Å². The quantitative estimate of drug-likeness (QED) is 0.864. The van der Waals surface area contributed by atoms with E-state index >= 15 is 0 Å². The summed E-state index contributed by atoms with van der Waals surface area (Å²) in [7, 11) is 0. The highest BCUT2D eigenvalue weighted by Gasteiger charge is 2.18. The second-order valence-electron chi connectivity index (χ2n) is 4.27. The summed E-state index contributed by atoms with van der Waals surface area (Å²) in [5.41, 5.74) is 8.27. The zero-order valence-corrected chi connectivity index (χ0v) is 11.1. The van der Waals surface area contributed by atoms with Crippen LogP contribution in [-0.4, -0.2) is 32.2 Å². The van der Waals surface area contributed by atoms with Gasteiger partial charge >= 0.3 is 0 Å². The number of halogens is 1. The van der Waals surface area contributed by atoms with Crippen molar-refractivity contribution in [3.63, 3.8) is 0 Å². The lowest BCUT2D eigenvalue weighted by Gasteiger charge is -2.35. The SMILES string of the molecule is Cc1cc(N2CCNC(CN)C2)ccc1Br. The second-order valence-corrected chi connectivity index (χ2v) is 5.12. The third kappa shape index (κ3) is 2.56. The maximum atomic E-state index is 5.70. The molecule has 1 aliphatic heterocycles. The molecule has 4 heteroatoms. The minimum atomic E-state index is 0.415. The molecular weight excluding hydrogens is 266 g/mol. The molecule has 0 aromatic heterocycles. The van der Waals surface area contributed by atoms with Crippen molar-refractivity contribution in [3.8, 4) is 0 Å². The van der Waals surface area contributed by atoms with Crippen LogP contribution in [0.15, 0.2) is 22.7 Å².